The van der Waals surface area contributed by atoms with Crippen LogP contribution >= 0.6 is 7.82 Å². The van der Waals surface area contributed by atoms with Crippen LogP contribution in [0, 0.1) is 0 Å². The molecule has 0 fully saturated rings. The van der Waals surface area contributed by atoms with E-state index >= 15 is 0 Å². The maximum atomic E-state index is 13.5. The molecule has 0 aromatic rings. The van der Waals surface area contributed by atoms with E-state index in [1.54, 1.807) is 6.08 Å². The monoisotopic (exact) mass is 1030 g/mol. The van der Waals surface area contributed by atoms with Crippen molar-refractivity contribution >= 4 is 19.7 Å². The van der Waals surface area contributed by atoms with Gasteiger partial charge in [0.15, 0.2) is 0 Å². The van der Waals surface area contributed by atoms with Crippen molar-refractivity contribution in [3.8, 4) is 0 Å². The molecule has 0 bridgehead atoms. The second kappa shape index (κ2) is 51.6. The summed E-state index contributed by atoms with van der Waals surface area (Å²) in [7, 11) is 1.10. The first-order valence-electron chi connectivity index (χ1n) is 28.5. The van der Waals surface area contributed by atoms with Gasteiger partial charge in [0.25, 0.3) is 7.82 Å². The molecule has 0 aliphatic carbocycles. The largest absolute Gasteiger partial charge is 0.756 e. The van der Waals surface area contributed by atoms with Crippen LogP contribution in [0.15, 0.2) is 134 Å². The van der Waals surface area contributed by atoms with E-state index in [2.05, 4.69) is 148 Å². The van der Waals surface area contributed by atoms with Crippen LogP contribution in [0.2, 0.25) is 0 Å². The number of likely N-dealkylation sites (N-methyl/N-ethyl adjacent to an activating group) is 1. The second-order valence-corrected chi connectivity index (χ2v) is 21.1. The highest BCUT2D eigenvalue weighted by molar-refractivity contribution is 7.45. The Morgan fingerprint density at radius 2 is 0.890 bits per heavy atom. The Hall–Kier alpha value is -3.85. The summed E-state index contributed by atoms with van der Waals surface area (Å²) < 4.78 is 30.1. The van der Waals surface area contributed by atoms with Gasteiger partial charge in [-0.25, -0.2) is 0 Å². The summed E-state index contributed by atoms with van der Waals surface area (Å²) in [5.41, 5.74) is 0. The second-order valence-electron chi connectivity index (χ2n) is 19.7. The van der Waals surface area contributed by atoms with Crippen LogP contribution in [0.5, 0.6) is 0 Å². The minimum absolute atomic E-state index is 0.0464. The van der Waals surface area contributed by atoms with Gasteiger partial charge < -0.3 is 28.5 Å². The van der Waals surface area contributed by atoms with E-state index in [1.807, 2.05) is 27.2 Å². The molecule has 0 radical (unpaired) electrons. The normalized spacial score (nSPS) is 14.8. The fourth-order valence-electron chi connectivity index (χ4n) is 7.23. The van der Waals surface area contributed by atoms with E-state index in [0.29, 0.717) is 23.9 Å². The van der Waals surface area contributed by atoms with Crippen molar-refractivity contribution in [3.05, 3.63) is 134 Å². The maximum Gasteiger partial charge on any atom is 0.306 e. The number of phosphoric acid groups is 1. The summed E-state index contributed by atoms with van der Waals surface area (Å²) in [6, 6.07) is -0.941. The number of ether oxygens (including phenoxy) is 1. The van der Waals surface area contributed by atoms with Crippen molar-refractivity contribution in [1.82, 2.24) is 5.32 Å². The van der Waals surface area contributed by atoms with Crippen molar-refractivity contribution in [1.29, 1.82) is 0 Å². The topological polar surface area (TPSA) is 114 Å². The molecule has 3 atom stereocenters. The fraction of sp³-hybridized carbons (Fsp3) is 0.619. The van der Waals surface area contributed by atoms with Gasteiger partial charge in [0, 0.05) is 12.8 Å². The molecule has 0 saturated heterocycles. The lowest BCUT2D eigenvalue weighted by Gasteiger charge is -2.30. The first-order valence-corrected chi connectivity index (χ1v) is 30.0. The fourth-order valence-corrected chi connectivity index (χ4v) is 7.95. The van der Waals surface area contributed by atoms with Gasteiger partial charge in [-0.1, -0.05) is 206 Å². The third-order valence-electron chi connectivity index (χ3n) is 11.6. The minimum Gasteiger partial charge on any atom is -0.756 e. The van der Waals surface area contributed by atoms with Crippen LogP contribution in [0.1, 0.15) is 201 Å². The van der Waals surface area contributed by atoms with Gasteiger partial charge in [-0.3, -0.25) is 14.2 Å². The standard InChI is InChI=1S/C63H105N2O7P/c1-7-10-13-16-19-22-25-27-29-31-32-34-36-38-41-44-47-50-53-56-63(67)72-61(54-51-48-45-42-39-24-21-18-15-12-9-3)60(59-71-73(68,69)70-58-57-65(4,5)6)64-62(66)55-52-49-46-43-40-37-35-33-30-28-26-23-20-17-14-11-8-2/h10-11,13-14,19-20,22-23,27-30,32,34-35,37-38,41,43,46,51,54,60-61H,7-9,12,15-18,21,24-26,31,33,36,39-40,42,44-45,47-50,52-53,55-59H2,1-6H3,(H-,64,66,68,69)/b13-10-,14-11-,22-19-,23-20-,29-27-,30-28-,34-32-,37-35-,41-38-,46-43-,54-51+. The molecule has 0 aliphatic rings. The molecule has 3 unspecified atom stereocenters. The molecular formula is C63H105N2O7P. The van der Waals surface area contributed by atoms with Gasteiger partial charge in [0.1, 0.15) is 19.3 Å². The average Bonchev–Trinajstić information content (AvgIpc) is 3.35. The van der Waals surface area contributed by atoms with E-state index in [4.69, 9.17) is 13.8 Å². The van der Waals surface area contributed by atoms with Crippen LogP contribution in [0.3, 0.4) is 0 Å². The third kappa shape index (κ3) is 52.8. The molecule has 0 aromatic carbocycles. The number of hydrogen-bond donors (Lipinski definition) is 1. The van der Waals surface area contributed by atoms with E-state index in [9.17, 15) is 19.0 Å². The summed E-state index contributed by atoms with van der Waals surface area (Å²) >= 11 is 0. The Morgan fingerprint density at radius 1 is 0.493 bits per heavy atom. The lowest BCUT2D eigenvalue weighted by atomic mass is 10.1. The Morgan fingerprint density at radius 3 is 1.34 bits per heavy atom. The number of allylic oxidation sites excluding steroid dienone is 21. The van der Waals surface area contributed by atoms with Crippen molar-refractivity contribution in [2.24, 2.45) is 0 Å². The SMILES string of the molecule is CC/C=C\C/C=C\C/C=C\C/C=C\C/C=C\CCCCCC(=O)OC(/C=C/CCCCCCCCCCC)C(COP(=O)([O-])OCC[N+](C)(C)C)NC(=O)CCC/C=C\C/C=C\C/C=C\C/C=C\C/C=C\CC. The van der Waals surface area contributed by atoms with Crippen molar-refractivity contribution in [2.45, 2.75) is 213 Å². The van der Waals surface area contributed by atoms with Crippen LogP contribution in [-0.2, 0) is 27.9 Å². The molecule has 10 heteroatoms. The van der Waals surface area contributed by atoms with Crippen LogP contribution in [0.25, 0.3) is 0 Å². The van der Waals surface area contributed by atoms with E-state index in [-0.39, 0.29) is 25.4 Å². The minimum atomic E-state index is -4.73. The molecular weight excluding hydrogens is 928 g/mol. The predicted octanol–water partition coefficient (Wildman–Crippen LogP) is 16.7. The van der Waals surface area contributed by atoms with Crippen LogP contribution in [-0.4, -0.2) is 69.4 Å². The zero-order chi connectivity index (χ0) is 53.6. The molecule has 9 nitrogen and oxygen atoms in total. The molecule has 0 aliphatic heterocycles. The van der Waals surface area contributed by atoms with Gasteiger partial charge in [-0.2, -0.15) is 0 Å². The maximum absolute atomic E-state index is 13.5. The van der Waals surface area contributed by atoms with Gasteiger partial charge in [-0.15, -0.1) is 0 Å². The molecule has 0 rings (SSSR count). The molecule has 0 spiro atoms. The van der Waals surface area contributed by atoms with E-state index in [0.717, 1.165) is 109 Å². The van der Waals surface area contributed by atoms with Crippen molar-refractivity contribution in [2.75, 3.05) is 40.9 Å². The number of carbonyl (C=O) groups excluding carboxylic acids is 2. The van der Waals surface area contributed by atoms with Gasteiger partial charge >= 0.3 is 5.97 Å². The molecule has 0 aromatic heterocycles. The van der Waals surface area contributed by atoms with E-state index in [1.165, 1.54) is 44.9 Å². The number of carbonyl (C=O) groups is 2. The average molecular weight is 1030 g/mol. The number of nitrogens with one attached hydrogen (secondary N) is 1. The summed E-state index contributed by atoms with van der Waals surface area (Å²) in [6.45, 7) is 6.50. The predicted molar refractivity (Wildman–Crippen MR) is 311 cm³/mol. The summed E-state index contributed by atoms with van der Waals surface area (Å²) in [5, 5.41) is 2.97. The Bertz CT molecular complexity index is 1710. The number of rotatable bonds is 49. The summed E-state index contributed by atoms with van der Waals surface area (Å²) in [6.07, 6.45) is 72.9. The number of hydrogen-bond acceptors (Lipinski definition) is 7. The molecule has 0 heterocycles. The lowest BCUT2D eigenvalue weighted by molar-refractivity contribution is -0.870. The summed E-state index contributed by atoms with van der Waals surface area (Å²) in [4.78, 5) is 39.8. The first-order chi connectivity index (χ1) is 35.4. The Balaban J connectivity index is 5.48. The number of unbranched alkanes of at least 4 members (excludes halogenated alkanes) is 13. The molecule has 1 amide bonds. The molecule has 0 saturated carbocycles. The first kappa shape index (κ1) is 69.2. The Kier molecular flexibility index (Phi) is 48.9. The number of nitrogens with zero attached hydrogens (tertiary/aromatic N) is 1. The molecule has 73 heavy (non-hydrogen) atoms. The van der Waals surface area contributed by atoms with Gasteiger partial charge in [0.2, 0.25) is 5.91 Å². The lowest BCUT2D eigenvalue weighted by Crippen LogP contribution is -2.47. The third-order valence-corrected chi connectivity index (χ3v) is 12.5. The van der Waals surface area contributed by atoms with E-state index < -0.39 is 32.5 Å². The zero-order valence-corrected chi connectivity index (χ0v) is 47.9. The zero-order valence-electron chi connectivity index (χ0n) is 47.0. The molecule has 1 N–H and O–H groups in total. The van der Waals surface area contributed by atoms with Crippen molar-refractivity contribution in [3.63, 3.8) is 0 Å². The quantitative estimate of drug-likeness (QED) is 0.0212. The Labute approximate surface area is 447 Å². The number of esters is 1. The number of phosphoric ester groups is 1. The number of amides is 1. The smallest absolute Gasteiger partial charge is 0.306 e. The number of quaternary nitrogens is 1. The van der Waals surface area contributed by atoms with Crippen molar-refractivity contribution < 1.29 is 37.3 Å². The van der Waals surface area contributed by atoms with Crippen LogP contribution in [0.4, 0.5) is 0 Å². The van der Waals surface area contributed by atoms with Gasteiger partial charge in [0.05, 0.1) is 33.8 Å². The highest BCUT2D eigenvalue weighted by Gasteiger charge is 2.27. The van der Waals surface area contributed by atoms with Crippen LogP contribution < -0.4 is 10.2 Å². The highest BCUT2D eigenvalue weighted by Crippen LogP contribution is 2.38. The molecule has 414 valence electrons. The highest BCUT2D eigenvalue weighted by atomic mass is 31.2. The summed E-state index contributed by atoms with van der Waals surface area (Å²) in [5.74, 6) is -0.661. The van der Waals surface area contributed by atoms with Gasteiger partial charge in [-0.05, 0) is 115 Å².